The number of rotatable bonds is 3. The van der Waals surface area contributed by atoms with Crippen molar-refractivity contribution in [2.75, 3.05) is 12.4 Å². The summed E-state index contributed by atoms with van der Waals surface area (Å²) in [5, 5.41) is 3.45. The highest BCUT2D eigenvalue weighted by atomic mass is 127. The maximum absolute atomic E-state index is 12.0. The molecule has 0 saturated heterocycles. The SMILES string of the molecule is COC(=O)C1=C(Nc2ccccc2I)CCCCCC1. The van der Waals surface area contributed by atoms with Crippen LogP contribution in [0.25, 0.3) is 0 Å². The van der Waals surface area contributed by atoms with Gasteiger partial charge in [0.25, 0.3) is 0 Å². The highest BCUT2D eigenvalue weighted by molar-refractivity contribution is 14.1. The number of hydrogen-bond acceptors (Lipinski definition) is 3. The fourth-order valence-corrected chi connectivity index (χ4v) is 2.99. The van der Waals surface area contributed by atoms with E-state index in [0.717, 1.165) is 46.2 Å². The summed E-state index contributed by atoms with van der Waals surface area (Å²) in [6.45, 7) is 0. The molecule has 20 heavy (non-hydrogen) atoms. The van der Waals surface area contributed by atoms with Crippen LogP contribution in [-0.4, -0.2) is 13.1 Å². The van der Waals surface area contributed by atoms with Crippen LogP contribution in [0.15, 0.2) is 35.5 Å². The summed E-state index contributed by atoms with van der Waals surface area (Å²) in [5.41, 5.74) is 2.90. The number of benzene rings is 1. The number of allylic oxidation sites excluding steroid dienone is 1. The topological polar surface area (TPSA) is 38.3 Å². The molecule has 0 saturated carbocycles. The van der Waals surface area contributed by atoms with E-state index in [4.69, 9.17) is 4.74 Å². The average molecular weight is 385 g/mol. The highest BCUT2D eigenvalue weighted by Crippen LogP contribution is 2.27. The van der Waals surface area contributed by atoms with Crippen molar-refractivity contribution in [3.05, 3.63) is 39.1 Å². The van der Waals surface area contributed by atoms with Crippen molar-refractivity contribution in [1.82, 2.24) is 0 Å². The highest BCUT2D eigenvalue weighted by Gasteiger charge is 2.18. The minimum Gasteiger partial charge on any atom is -0.466 e. The number of esters is 1. The molecular formula is C16H20INO2. The van der Waals surface area contributed by atoms with Crippen molar-refractivity contribution in [3.63, 3.8) is 0 Å². The smallest absolute Gasteiger partial charge is 0.335 e. The lowest BCUT2D eigenvalue weighted by Gasteiger charge is -2.19. The number of anilines is 1. The number of ether oxygens (including phenoxy) is 1. The van der Waals surface area contributed by atoms with Crippen LogP contribution in [0, 0.1) is 3.57 Å². The second-order valence-corrected chi connectivity index (χ2v) is 6.13. The van der Waals surface area contributed by atoms with Gasteiger partial charge < -0.3 is 10.1 Å². The van der Waals surface area contributed by atoms with Crippen LogP contribution in [-0.2, 0) is 9.53 Å². The lowest BCUT2D eigenvalue weighted by atomic mass is 9.97. The Hall–Kier alpha value is -1.04. The van der Waals surface area contributed by atoms with E-state index in [9.17, 15) is 4.79 Å². The van der Waals surface area contributed by atoms with E-state index in [-0.39, 0.29) is 5.97 Å². The molecule has 0 bridgehead atoms. The van der Waals surface area contributed by atoms with Gasteiger partial charge >= 0.3 is 5.97 Å². The number of carbonyl (C=O) groups excluding carboxylic acids is 1. The first kappa shape index (κ1) is 15.4. The molecule has 0 spiro atoms. The maximum Gasteiger partial charge on any atom is 0.335 e. The standard InChI is InChI=1S/C16H20INO2/c1-20-16(19)12-8-4-2-3-5-10-14(12)18-15-11-7-6-9-13(15)17/h6-7,9,11,18H,2-5,8,10H2,1H3. The summed E-state index contributed by atoms with van der Waals surface area (Å²) in [6.07, 6.45) is 6.31. The fourth-order valence-electron chi connectivity index (χ4n) is 2.47. The lowest BCUT2D eigenvalue weighted by molar-refractivity contribution is -0.136. The molecule has 1 aliphatic carbocycles. The molecule has 0 unspecified atom stereocenters. The first-order valence-corrected chi connectivity index (χ1v) is 8.12. The van der Waals surface area contributed by atoms with Gasteiger partial charge in [-0.2, -0.15) is 0 Å². The molecule has 0 fully saturated rings. The van der Waals surface area contributed by atoms with Crippen LogP contribution in [0.3, 0.4) is 0 Å². The van der Waals surface area contributed by atoms with Gasteiger partial charge in [-0.05, 0) is 60.4 Å². The molecule has 0 atom stereocenters. The van der Waals surface area contributed by atoms with Gasteiger partial charge in [0.15, 0.2) is 0 Å². The lowest BCUT2D eigenvalue weighted by Crippen LogP contribution is -2.14. The van der Waals surface area contributed by atoms with E-state index < -0.39 is 0 Å². The van der Waals surface area contributed by atoms with Crippen molar-refractivity contribution < 1.29 is 9.53 Å². The zero-order chi connectivity index (χ0) is 14.4. The summed E-state index contributed by atoms with van der Waals surface area (Å²) >= 11 is 2.31. The average Bonchev–Trinajstić information content (AvgIpc) is 2.43. The molecule has 1 aliphatic rings. The molecule has 0 amide bonds. The molecule has 3 nitrogen and oxygen atoms in total. The van der Waals surface area contributed by atoms with E-state index in [0.29, 0.717) is 0 Å². The summed E-state index contributed by atoms with van der Waals surface area (Å²) in [7, 11) is 1.46. The summed E-state index contributed by atoms with van der Waals surface area (Å²) in [6, 6.07) is 8.12. The fraction of sp³-hybridized carbons (Fsp3) is 0.438. The van der Waals surface area contributed by atoms with Gasteiger partial charge in [-0.1, -0.05) is 25.0 Å². The predicted molar refractivity (Wildman–Crippen MR) is 89.5 cm³/mol. The Bertz CT molecular complexity index is 511. The molecule has 1 N–H and O–H groups in total. The van der Waals surface area contributed by atoms with E-state index in [1.807, 2.05) is 18.2 Å². The van der Waals surface area contributed by atoms with Crippen LogP contribution >= 0.6 is 22.6 Å². The molecule has 2 rings (SSSR count). The zero-order valence-corrected chi connectivity index (χ0v) is 13.9. The van der Waals surface area contributed by atoms with Gasteiger partial charge in [0.1, 0.15) is 0 Å². The Labute approximate surface area is 133 Å². The molecule has 0 aromatic heterocycles. The molecular weight excluding hydrogens is 365 g/mol. The first-order valence-electron chi connectivity index (χ1n) is 7.04. The van der Waals surface area contributed by atoms with E-state index in [1.54, 1.807) is 0 Å². The minimum absolute atomic E-state index is 0.194. The summed E-state index contributed by atoms with van der Waals surface area (Å²) < 4.78 is 6.10. The first-order chi connectivity index (χ1) is 9.72. The number of methoxy groups -OCH3 is 1. The van der Waals surface area contributed by atoms with Crippen molar-refractivity contribution in [2.24, 2.45) is 0 Å². The van der Waals surface area contributed by atoms with Gasteiger partial charge in [-0.15, -0.1) is 0 Å². The largest absolute Gasteiger partial charge is 0.466 e. The molecule has 108 valence electrons. The zero-order valence-electron chi connectivity index (χ0n) is 11.7. The van der Waals surface area contributed by atoms with Crippen LogP contribution in [0.2, 0.25) is 0 Å². The van der Waals surface area contributed by atoms with Crippen molar-refractivity contribution >= 4 is 34.2 Å². The van der Waals surface area contributed by atoms with Gasteiger partial charge in [0.05, 0.1) is 18.4 Å². The molecule has 0 radical (unpaired) electrons. The molecule has 1 aromatic carbocycles. The van der Waals surface area contributed by atoms with Crippen LogP contribution in [0.5, 0.6) is 0 Å². The Morgan fingerprint density at radius 2 is 1.85 bits per heavy atom. The molecule has 4 heteroatoms. The Balaban J connectivity index is 2.30. The number of para-hydroxylation sites is 1. The van der Waals surface area contributed by atoms with Crippen molar-refractivity contribution in [2.45, 2.75) is 38.5 Å². The van der Waals surface area contributed by atoms with Crippen molar-refractivity contribution in [1.29, 1.82) is 0 Å². The second-order valence-electron chi connectivity index (χ2n) is 4.97. The molecule has 0 heterocycles. The number of halogens is 1. The maximum atomic E-state index is 12.0. The Morgan fingerprint density at radius 1 is 1.15 bits per heavy atom. The number of carbonyl (C=O) groups is 1. The van der Waals surface area contributed by atoms with Gasteiger partial charge in [-0.25, -0.2) is 4.79 Å². The van der Waals surface area contributed by atoms with Gasteiger partial charge in [0, 0.05) is 9.27 Å². The second kappa shape index (κ2) is 7.67. The van der Waals surface area contributed by atoms with E-state index in [2.05, 4.69) is 34.0 Å². The van der Waals surface area contributed by atoms with Crippen LogP contribution in [0.1, 0.15) is 38.5 Å². The van der Waals surface area contributed by atoms with Crippen LogP contribution in [0.4, 0.5) is 5.69 Å². The number of hydrogen-bond donors (Lipinski definition) is 1. The predicted octanol–water partition coefficient (Wildman–Crippen LogP) is 4.48. The third-order valence-corrected chi connectivity index (χ3v) is 4.50. The van der Waals surface area contributed by atoms with Gasteiger partial charge in [0.2, 0.25) is 0 Å². The quantitative estimate of drug-likeness (QED) is 0.616. The third-order valence-electron chi connectivity index (χ3n) is 3.56. The van der Waals surface area contributed by atoms with E-state index >= 15 is 0 Å². The summed E-state index contributed by atoms with van der Waals surface area (Å²) in [4.78, 5) is 12.0. The Kier molecular flexibility index (Phi) is 5.88. The summed E-state index contributed by atoms with van der Waals surface area (Å²) in [5.74, 6) is -0.194. The Morgan fingerprint density at radius 3 is 2.55 bits per heavy atom. The van der Waals surface area contributed by atoms with Crippen molar-refractivity contribution in [3.8, 4) is 0 Å². The number of nitrogens with one attached hydrogen (secondary N) is 1. The minimum atomic E-state index is -0.194. The van der Waals surface area contributed by atoms with E-state index in [1.165, 1.54) is 20.0 Å². The molecule has 0 aliphatic heterocycles. The normalized spacial score (nSPS) is 16.3. The molecule has 1 aromatic rings. The monoisotopic (exact) mass is 385 g/mol. The van der Waals surface area contributed by atoms with Crippen LogP contribution < -0.4 is 5.32 Å². The van der Waals surface area contributed by atoms with Gasteiger partial charge in [-0.3, -0.25) is 0 Å². The third kappa shape index (κ3) is 3.98.